The summed E-state index contributed by atoms with van der Waals surface area (Å²) in [6, 6.07) is 12.9. The van der Waals surface area contributed by atoms with E-state index in [2.05, 4.69) is 17.2 Å². The molecule has 0 amide bonds. The number of carbonyl (C=O) groups excluding carboxylic acids is 1. The van der Waals surface area contributed by atoms with Gasteiger partial charge < -0.3 is 9.47 Å². The first kappa shape index (κ1) is 29.7. The molecule has 2 aromatic carbocycles. The maximum Gasteiger partial charge on any atom is 0.306 e. The summed E-state index contributed by atoms with van der Waals surface area (Å²) in [5.74, 6) is 0.0716. The second-order valence-electron chi connectivity index (χ2n) is 10.4. The van der Waals surface area contributed by atoms with Crippen molar-refractivity contribution in [2.75, 3.05) is 13.2 Å². The van der Waals surface area contributed by atoms with E-state index in [0.717, 1.165) is 28.9 Å². The first-order valence-corrected chi connectivity index (χ1v) is 15.5. The monoisotopic (exact) mass is 568 g/mol. The van der Waals surface area contributed by atoms with Gasteiger partial charge in [0.1, 0.15) is 16.7 Å². The Kier molecular flexibility index (Phi) is 9.63. The molecule has 0 N–H and O–H groups in total. The van der Waals surface area contributed by atoms with Gasteiger partial charge in [-0.3, -0.25) is 9.48 Å². The van der Waals surface area contributed by atoms with Crippen LogP contribution in [0.3, 0.4) is 0 Å². The van der Waals surface area contributed by atoms with Crippen molar-refractivity contribution in [1.29, 1.82) is 0 Å². The van der Waals surface area contributed by atoms with Crippen LogP contribution in [0.5, 0.6) is 5.75 Å². The first-order chi connectivity index (χ1) is 19.2. The number of fused-ring (bicyclic) bond motifs is 1. The molecule has 3 aromatic rings. The zero-order valence-electron chi connectivity index (χ0n) is 24.0. The van der Waals surface area contributed by atoms with Gasteiger partial charge in [0.05, 0.1) is 25.3 Å². The van der Waals surface area contributed by atoms with Crippen LogP contribution in [0.25, 0.3) is 0 Å². The lowest BCUT2D eigenvalue weighted by atomic mass is 9.85. The van der Waals surface area contributed by atoms with E-state index in [-0.39, 0.29) is 48.3 Å². The zero-order valence-corrected chi connectivity index (χ0v) is 24.9. The Hall–Kier alpha value is -3.24. The number of hydrogen-bond donors (Lipinski definition) is 0. The largest absolute Gasteiger partial charge is 0.488 e. The Bertz CT molecular complexity index is 1420. The van der Waals surface area contributed by atoms with E-state index in [1.807, 2.05) is 45.2 Å². The molecule has 2 heterocycles. The van der Waals surface area contributed by atoms with E-state index in [9.17, 15) is 13.2 Å². The van der Waals surface area contributed by atoms with E-state index in [1.54, 1.807) is 35.9 Å². The van der Waals surface area contributed by atoms with Gasteiger partial charge in [0.15, 0.2) is 0 Å². The van der Waals surface area contributed by atoms with Gasteiger partial charge in [-0.2, -0.15) is 4.31 Å². The van der Waals surface area contributed by atoms with Crippen LogP contribution in [0.4, 0.5) is 0 Å². The Morgan fingerprint density at radius 3 is 2.65 bits per heavy atom. The summed E-state index contributed by atoms with van der Waals surface area (Å²) < 4.78 is 42.2. The third-order valence-corrected chi connectivity index (χ3v) is 9.41. The van der Waals surface area contributed by atoms with Crippen LogP contribution in [-0.4, -0.2) is 52.9 Å². The van der Waals surface area contributed by atoms with Crippen molar-refractivity contribution in [1.82, 2.24) is 19.3 Å². The standard InChI is InChI=1S/C30H40N4O5S/c1-6-26-19-34(40(36,37)29-12-10-9-11-28(29)39-26)18-25-16-23(14-13-21(25)4)24(17-30(35)38-8-3)15-22(5)27-20-33(7-2)32-31-27/h9-14,16,20,22,24,26H,6-8,15,17-19H2,1-5H3. The van der Waals surface area contributed by atoms with Gasteiger partial charge in [-0.1, -0.05) is 49.4 Å². The number of nitrogens with zero attached hydrogens (tertiary/aromatic N) is 4. The Morgan fingerprint density at radius 1 is 1.18 bits per heavy atom. The number of aromatic nitrogens is 3. The van der Waals surface area contributed by atoms with E-state index >= 15 is 0 Å². The summed E-state index contributed by atoms with van der Waals surface area (Å²) in [7, 11) is -3.78. The average molecular weight is 569 g/mol. The number of ether oxygens (including phenoxy) is 2. The maximum absolute atomic E-state index is 13.7. The topological polar surface area (TPSA) is 104 Å². The molecule has 4 rings (SSSR count). The van der Waals surface area contributed by atoms with Crippen molar-refractivity contribution >= 4 is 16.0 Å². The average Bonchev–Trinajstić information content (AvgIpc) is 3.39. The van der Waals surface area contributed by atoms with Gasteiger partial charge in [-0.25, -0.2) is 8.42 Å². The van der Waals surface area contributed by atoms with E-state index in [1.165, 1.54) is 4.31 Å². The molecular weight excluding hydrogens is 528 g/mol. The highest BCUT2D eigenvalue weighted by Crippen LogP contribution is 2.35. The van der Waals surface area contributed by atoms with Crippen LogP contribution in [0.15, 0.2) is 53.6 Å². The van der Waals surface area contributed by atoms with Crippen molar-refractivity contribution in [3.8, 4) is 5.75 Å². The molecule has 0 spiro atoms. The van der Waals surface area contributed by atoms with Gasteiger partial charge in [-0.05, 0) is 68.4 Å². The quantitative estimate of drug-likeness (QED) is 0.293. The highest BCUT2D eigenvalue weighted by molar-refractivity contribution is 7.89. The molecule has 0 bridgehead atoms. The number of benzene rings is 2. The molecule has 1 aromatic heterocycles. The van der Waals surface area contributed by atoms with Crippen LogP contribution in [0.2, 0.25) is 0 Å². The smallest absolute Gasteiger partial charge is 0.306 e. The van der Waals surface area contributed by atoms with Gasteiger partial charge in [-0.15, -0.1) is 5.10 Å². The van der Waals surface area contributed by atoms with Crippen molar-refractivity contribution < 1.29 is 22.7 Å². The number of para-hydroxylation sites is 1. The first-order valence-electron chi connectivity index (χ1n) is 14.1. The number of esters is 1. The summed E-state index contributed by atoms with van der Waals surface area (Å²) in [4.78, 5) is 12.8. The predicted molar refractivity (Wildman–Crippen MR) is 153 cm³/mol. The Balaban J connectivity index is 1.65. The third-order valence-electron chi connectivity index (χ3n) is 7.56. The lowest BCUT2D eigenvalue weighted by Gasteiger charge is -2.25. The van der Waals surface area contributed by atoms with Gasteiger partial charge in [0.25, 0.3) is 0 Å². The number of carbonyl (C=O) groups is 1. The number of rotatable bonds is 11. The van der Waals surface area contributed by atoms with Crippen LogP contribution < -0.4 is 4.74 Å². The van der Waals surface area contributed by atoms with Gasteiger partial charge >= 0.3 is 5.97 Å². The molecular formula is C30H40N4O5S. The third kappa shape index (κ3) is 6.72. The molecule has 0 aliphatic carbocycles. The van der Waals surface area contributed by atoms with Crippen LogP contribution in [0.1, 0.15) is 81.2 Å². The maximum atomic E-state index is 13.7. The molecule has 216 valence electrons. The second-order valence-corrected chi connectivity index (χ2v) is 12.3. The molecule has 9 nitrogen and oxygen atoms in total. The van der Waals surface area contributed by atoms with Crippen LogP contribution in [-0.2, 0) is 32.6 Å². The summed E-state index contributed by atoms with van der Waals surface area (Å²) >= 11 is 0. The number of aryl methyl sites for hydroxylation is 2. The minimum Gasteiger partial charge on any atom is -0.488 e. The van der Waals surface area contributed by atoms with E-state index < -0.39 is 10.0 Å². The molecule has 0 saturated carbocycles. The molecule has 0 saturated heterocycles. The van der Waals surface area contributed by atoms with Crippen molar-refractivity contribution in [2.45, 2.75) is 89.8 Å². The fourth-order valence-electron chi connectivity index (χ4n) is 5.11. The highest BCUT2D eigenvalue weighted by atomic mass is 32.2. The molecule has 3 unspecified atom stereocenters. The minimum absolute atomic E-state index is 0.0643. The molecule has 1 aliphatic rings. The lowest BCUT2D eigenvalue weighted by Crippen LogP contribution is -2.36. The van der Waals surface area contributed by atoms with Crippen molar-refractivity contribution in [2.24, 2.45) is 0 Å². The lowest BCUT2D eigenvalue weighted by molar-refractivity contribution is -0.143. The molecule has 0 radical (unpaired) electrons. The SMILES string of the molecule is CCOC(=O)CC(CC(C)c1cn(CC)nn1)c1ccc(C)c(CN2CC(CC)Oc3ccccc3S2(=O)=O)c1. The normalized spacial score (nSPS) is 18.3. The fourth-order valence-corrected chi connectivity index (χ4v) is 6.68. The summed E-state index contributed by atoms with van der Waals surface area (Å²) in [6.07, 6.45) is 3.27. The second kappa shape index (κ2) is 13.0. The van der Waals surface area contributed by atoms with Crippen LogP contribution >= 0.6 is 0 Å². The van der Waals surface area contributed by atoms with Crippen molar-refractivity contribution in [3.63, 3.8) is 0 Å². The van der Waals surface area contributed by atoms with Crippen molar-refractivity contribution in [3.05, 3.63) is 71.0 Å². The summed E-state index contributed by atoms with van der Waals surface area (Å²) in [6.45, 7) is 11.4. The zero-order chi connectivity index (χ0) is 28.9. The highest BCUT2D eigenvalue weighted by Gasteiger charge is 2.34. The number of hydrogen-bond acceptors (Lipinski definition) is 7. The summed E-state index contributed by atoms with van der Waals surface area (Å²) in [5, 5.41) is 8.50. The fraction of sp³-hybridized carbons (Fsp3) is 0.500. The Morgan fingerprint density at radius 2 is 1.95 bits per heavy atom. The van der Waals surface area contributed by atoms with Gasteiger partial charge in [0, 0.05) is 25.2 Å². The van der Waals surface area contributed by atoms with E-state index in [4.69, 9.17) is 9.47 Å². The summed E-state index contributed by atoms with van der Waals surface area (Å²) in [5.41, 5.74) is 3.73. The Labute approximate surface area is 237 Å². The molecule has 0 fully saturated rings. The molecule has 3 atom stereocenters. The van der Waals surface area contributed by atoms with Crippen LogP contribution in [0, 0.1) is 6.92 Å². The van der Waals surface area contributed by atoms with E-state index in [0.29, 0.717) is 25.2 Å². The molecule has 1 aliphatic heterocycles. The number of sulfonamides is 1. The molecule has 40 heavy (non-hydrogen) atoms. The molecule has 10 heteroatoms. The predicted octanol–water partition coefficient (Wildman–Crippen LogP) is 5.20. The minimum atomic E-state index is -3.78. The van der Waals surface area contributed by atoms with Gasteiger partial charge in [0.2, 0.25) is 10.0 Å².